The second kappa shape index (κ2) is 5.30. The third kappa shape index (κ3) is 2.84. The Morgan fingerprint density at radius 1 is 0.941 bits per heavy atom. The maximum absolute atomic E-state index is 6.07. The molecule has 0 bridgehead atoms. The van der Waals surface area contributed by atoms with Crippen LogP contribution in [-0.4, -0.2) is 0 Å². The maximum atomic E-state index is 6.07. The number of hydrogen-bond acceptors (Lipinski definition) is 2. The molecule has 2 aromatic carbocycles. The van der Waals surface area contributed by atoms with E-state index in [0.717, 1.165) is 16.3 Å². The third-order valence-electron chi connectivity index (χ3n) is 2.46. The van der Waals surface area contributed by atoms with E-state index in [-0.39, 0.29) is 0 Å². The van der Waals surface area contributed by atoms with E-state index in [1.807, 2.05) is 30.3 Å². The predicted molar refractivity (Wildman–Crippen MR) is 74.6 cm³/mol. The summed E-state index contributed by atoms with van der Waals surface area (Å²) in [5.74, 6) is 0. The molecule has 2 rings (SSSR count). The van der Waals surface area contributed by atoms with Gasteiger partial charge in [0.15, 0.2) is 0 Å². The average Bonchev–Trinajstić information content (AvgIpc) is 2.30. The molecule has 2 nitrogen and oxygen atoms in total. The molecule has 0 radical (unpaired) electrons. The van der Waals surface area contributed by atoms with Crippen LogP contribution in [0.3, 0.4) is 0 Å². The molecule has 88 valence electrons. The van der Waals surface area contributed by atoms with Crippen molar-refractivity contribution < 1.29 is 0 Å². The normalized spacial score (nSPS) is 10.2. The quantitative estimate of drug-likeness (QED) is 0.818. The van der Waals surface area contributed by atoms with Gasteiger partial charge in [-0.3, -0.25) is 0 Å². The summed E-state index contributed by atoms with van der Waals surface area (Å²) in [6, 6.07) is 13.1. The van der Waals surface area contributed by atoms with Crippen molar-refractivity contribution in [1.82, 2.24) is 0 Å². The first kappa shape index (κ1) is 12.1. The van der Waals surface area contributed by atoms with Crippen LogP contribution in [0.2, 0.25) is 10.0 Å². The second-order valence-corrected chi connectivity index (χ2v) is 4.46. The fourth-order valence-corrected chi connectivity index (χ4v) is 2.00. The van der Waals surface area contributed by atoms with Crippen LogP contribution in [0.4, 0.5) is 11.4 Å². The molecule has 4 heteroatoms. The van der Waals surface area contributed by atoms with Gasteiger partial charge in [-0.15, -0.1) is 0 Å². The van der Waals surface area contributed by atoms with Gasteiger partial charge in [0.2, 0.25) is 0 Å². The standard InChI is InChI=1S/C13H12Cl2N2/c14-10-5-2-1-4-9(10)8-17-13-11(15)6-3-7-12(13)16/h1-7,17H,8,16H2. The van der Waals surface area contributed by atoms with Crippen LogP contribution in [-0.2, 0) is 6.54 Å². The number of nitrogen functional groups attached to an aromatic ring is 1. The molecule has 0 aromatic heterocycles. The van der Waals surface area contributed by atoms with Crippen molar-refractivity contribution in [2.75, 3.05) is 11.1 Å². The summed E-state index contributed by atoms with van der Waals surface area (Å²) >= 11 is 12.1. The van der Waals surface area contributed by atoms with Crippen molar-refractivity contribution >= 4 is 34.6 Å². The first-order valence-corrected chi connectivity index (χ1v) is 5.95. The lowest BCUT2D eigenvalue weighted by Crippen LogP contribution is -2.03. The number of nitrogens with one attached hydrogen (secondary N) is 1. The Morgan fingerprint density at radius 2 is 1.65 bits per heavy atom. The Balaban J connectivity index is 2.16. The van der Waals surface area contributed by atoms with Crippen LogP contribution in [0.25, 0.3) is 0 Å². The number of nitrogens with two attached hydrogens (primary N) is 1. The Kier molecular flexibility index (Phi) is 3.77. The van der Waals surface area contributed by atoms with Crippen LogP contribution in [0.15, 0.2) is 42.5 Å². The highest BCUT2D eigenvalue weighted by atomic mass is 35.5. The Hall–Kier alpha value is -1.38. The summed E-state index contributed by atoms with van der Waals surface area (Å²) in [5, 5.41) is 4.53. The lowest BCUT2D eigenvalue weighted by Gasteiger charge is -2.11. The number of para-hydroxylation sites is 1. The minimum atomic E-state index is 0.591. The summed E-state index contributed by atoms with van der Waals surface area (Å²) in [4.78, 5) is 0. The summed E-state index contributed by atoms with van der Waals surface area (Å²) < 4.78 is 0. The minimum absolute atomic E-state index is 0.591. The van der Waals surface area contributed by atoms with Crippen molar-refractivity contribution in [3.8, 4) is 0 Å². The molecule has 17 heavy (non-hydrogen) atoms. The minimum Gasteiger partial charge on any atom is -0.397 e. The average molecular weight is 267 g/mol. The zero-order chi connectivity index (χ0) is 12.3. The van der Waals surface area contributed by atoms with Gasteiger partial charge in [-0.2, -0.15) is 0 Å². The number of hydrogen-bond donors (Lipinski definition) is 2. The topological polar surface area (TPSA) is 38.0 Å². The molecule has 0 spiro atoms. The van der Waals surface area contributed by atoms with Gasteiger partial charge in [-0.25, -0.2) is 0 Å². The Morgan fingerprint density at radius 3 is 2.35 bits per heavy atom. The summed E-state index contributed by atoms with van der Waals surface area (Å²) in [7, 11) is 0. The van der Waals surface area contributed by atoms with E-state index >= 15 is 0 Å². The van der Waals surface area contributed by atoms with E-state index in [4.69, 9.17) is 28.9 Å². The molecule has 0 aliphatic heterocycles. The summed E-state index contributed by atoms with van der Waals surface area (Å²) in [5.41, 5.74) is 8.23. The molecule has 0 fully saturated rings. The molecule has 2 aromatic rings. The summed E-state index contributed by atoms with van der Waals surface area (Å²) in [6.07, 6.45) is 0. The molecular weight excluding hydrogens is 255 g/mol. The second-order valence-electron chi connectivity index (χ2n) is 3.65. The monoisotopic (exact) mass is 266 g/mol. The largest absolute Gasteiger partial charge is 0.397 e. The van der Waals surface area contributed by atoms with Crippen molar-refractivity contribution in [3.05, 3.63) is 58.1 Å². The molecule has 0 unspecified atom stereocenters. The lowest BCUT2D eigenvalue weighted by molar-refractivity contribution is 1.15. The predicted octanol–water partition coefficient (Wildman–Crippen LogP) is 4.19. The number of anilines is 2. The fraction of sp³-hybridized carbons (Fsp3) is 0.0769. The van der Waals surface area contributed by atoms with Gasteiger partial charge in [0.05, 0.1) is 16.4 Å². The van der Waals surface area contributed by atoms with E-state index < -0.39 is 0 Å². The zero-order valence-electron chi connectivity index (χ0n) is 9.08. The van der Waals surface area contributed by atoms with Crippen LogP contribution in [0.1, 0.15) is 5.56 Å². The van der Waals surface area contributed by atoms with Gasteiger partial charge in [0.1, 0.15) is 0 Å². The molecule has 0 atom stereocenters. The highest BCUT2D eigenvalue weighted by molar-refractivity contribution is 6.34. The van der Waals surface area contributed by atoms with Crippen LogP contribution < -0.4 is 11.1 Å². The fourth-order valence-electron chi connectivity index (χ4n) is 1.55. The molecule has 0 heterocycles. The molecule has 3 N–H and O–H groups in total. The van der Waals surface area contributed by atoms with Gasteiger partial charge >= 0.3 is 0 Å². The van der Waals surface area contributed by atoms with Gasteiger partial charge in [0.25, 0.3) is 0 Å². The third-order valence-corrected chi connectivity index (χ3v) is 3.14. The van der Waals surface area contributed by atoms with E-state index in [2.05, 4.69) is 5.32 Å². The zero-order valence-corrected chi connectivity index (χ0v) is 10.6. The van der Waals surface area contributed by atoms with Crippen molar-refractivity contribution in [1.29, 1.82) is 0 Å². The van der Waals surface area contributed by atoms with Crippen LogP contribution in [0, 0.1) is 0 Å². The molecule has 0 amide bonds. The highest BCUT2D eigenvalue weighted by Gasteiger charge is 2.05. The van der Waals surface area contributed by atoms with E-state index in [9.17, 15) is 0 Å². The lowest BCUT2D eigenvalue weighted by atomic mass is 10.2. The molecular formula is C13H12Cl2N2. The van der Waals surface area contributed by atoms with Crippen molar-refractivity contribution in [2.24, 2.45) is 0 Å². The Labute approximate surface area is 110 Å². The van der Waals surface area contributed by atoms with Crippen molar-refractivity contribution in [3.63, 3.8) is 0 Å². The van der Waals surface area contributed by atoms with Gasteiger partial charge in [-0.05, 0) is 23.8 Å². The first-order chi connectivity index (χ1) is 8.18. The van der Waals surface area contributed by atoms with Gasteiger partial charge in [0, 0.05) is 11.6 Å². The Bertz CT molecular complexity index is 506. The van der Waals surface area contributed by atoms with Crippen molar-refractivity contribution in [2.45, 2.75) is 6.54 Å². The number of halogens is 2. The van der Waals surface area contributed by atoms with Gasteiger partial charge < -0.3 is 11.1 Å². The van der Waals surface area contributed by atoms with Crippen LogP contribution in [0.5, 0.6) is 0 Å². The number of rotatable bonds is 3. The first-order valence-electron chi connectivity index (χ1n) is 5.20. The van der Waals surface area contributed by atoms with E-state index in [0.29, 0.717) is 17.3 Å². The highest BCUT2D eigenvalue weighted by Crippen LogP contribution is 2.28. The van der Waals surface area contributed by atoms with E-state index in [1.54, 1.807) is 12.1 Å². The molecule has 0 aliphatic rings. The number of benzene rings is 2. The smallest absolute Gasteiger partial charge is 0.0765 e. The molecule has 0 saturated carbocycles. The molecule has 0 aliphatic carbocycles. The maximum Gasteiger partial charge on any atom is 0.0765 e. The van der Waals surface area contributed by atoms with E-state index in [1.165, 1.54) is 0 Å². The van der Waals surface area contributed by atoms with Crippen LogP contribution >= 0.6 is 23.2 Å². The van der Waals surface area contributed by atoms with Gasteiger partial charge in [-0.1, -0.05) is 47.5 Å². The SMILES string of the molecule is Nc1cccc(Cl)c1NCc1ccccc1Cl. The molecule has 0 saturated heterocycles. The summed E-state index contributed by atoms with van der Waals surface area (Å²) in [6.45, 7) is 0.591.